The Kier molecular flexibility index (Phi) is 10.4. The zero-order chi connectivity index (χ0) is 42.0. The predicted octanol–water partition coefficient (Wildman–Crippen LogP) is 6.46. The van der Waals surface area contributed by atoms with Gasteiger partial charge in [0, 0.05) is 35.7 Å². The first-order chi connectivity index (χ1) is 27.3. The molecule has 0 aliphatic heterocycles. The summed E-state index contributed by atoms with van der Waals surface area (Å²) in [6.07, 6.45) is -3.54. The average molecular weight is 825 g/mol. The SMILES string of the molecule is C=C1[C@@H]2c3c(C(F)F)nn(CC(=O)N[C@@H](Cc4cc(F)cc(F)c4)c4nc(C#CC(C)(C)O)ccc4-c4ccc(Cl)c5c(NC(=O)CNC)nn(C)c45)c3C(F)(F)[C@H]12. The molecule has 3 atom stereocenters. The van der Waals surface area contributed by atoms with Crippen molar-refractivity contribution in [1.82, 2.24) is 35.2 Å². The smallest absolute Gasteiger partial charge is 0.297 e. The summed E-state index contributed by atoms with van der Waals surface area (Å²) in [7, 11) is 3.20. The van der Waals surface area contributed by atoms with Crippen molar-refractivity contribution in [3.8, 4) is 23.0 Å². The van der Waals surface area contributed by atoms with Gasteiger partial charge in [-0.1, -0.05) is 35.7 Å². The number of aromatic nitrogens is 5. The standard InChI is InChI=1S/C40H35ClF6N8O3/c1-18-29-31-34(37(44)45)52-55(36(31)40(46,47)32(18)29)17-28(57)50-26(14-19-12-20(42)15-21(43)13-19)33-23(7-6-22(49-33)10-11-39(2,3)58)24-8-9-25(41)30-35(24)54(5)53-38(30)51-27(56)16-48-4/h6-9,12-13,15,26,29,32,37,48,58H,1,14,16-17H2,2-5H3,(H,50,57)(H,51,53,56)/t26-,29+,32+/m0/s1. The average Bonchev–Trinajstić information content (AvgIpc) is 3.35. The molecule has 0 saturated heterocycles. The number of amides is 2. The molecule has 3 aromatic heterocycles. The molecule has 0 bridgehead atoms. The molecule has 0 radical (unpaired) electrons. The molecule has 2 aromatic carbocycles. The lowest BCUT2D eigenvalue weighted by atomic mass is 9.93. The maximum absolute atomic E-state index is 15.6. The van der Waals surface area contributed by atoms with Crippen LogP contribution in [-0.2, 0) is 35.5 Å². The highest BCUT2D eigenvalue weighted by Gasteiger charge is 2.70. The van der Waals surface area contributed by atoms with Gasteiger partial charge in [-0.3, -0.25) is 19.0 Å². The number of carbonyl (C=O) groups excluding carboxylic acids is 2. The summed E-state index contributed by atoms with van der Waals surface area (Å²) in [5.74, 6) is -3.66. The van der Waals surface area contributed by atoms with Crippen molar-refractivity contribution in [2.75, 3.05) is 18.9 Å². The van der Waals surface area contributed by atoms with Crippen LogP contribution in [0.2, 0.25) is 5.02 Å². The number of aryl methyl sites for hydroxylation is 1. The van der Waals surface area contributed by atoms with Crippen LogP contribution >= 0.6 is 11.6 Å². The molecule has 1 fully saturated rings. The van der Waals surface area contributed by atoms with E-state index < -0.39 is 77.2 Å². The summed E-state index contributed by atoms with van der Waals surface area (Å²) in [6, 6.07) is 7.76. The topological polar surface area (TPSA) is 139 Å². The minimum atomic E-state index is -3.62. The van der Waals surface area contributed by atoms with Gasteiger partial charge in [-0.05, 0) is 69.1 Å². The van der Waals surface area contributed by atoms with Gasteiger partial charge in [0.2, 0.25) is 11.8 Å². The van der Waals surface area contributed by atoms with E-state index >= 15 is 8.78 Å². The van der Waals surface area contributed by atoms with Crippen LogP contribution in [0.15, 0.2) is 54.6 Å². The van der Waals surface area contributed by atoms with Gasteiger partial charge in [-0.25, -0.2) is 22.5 Å². The van der Waals surface area contributed by atoms with E-state index in [1.54, 1.807) is 32.3 Å². The summed E-state index contributed by atoms with van der Waals surface area (Å²) in [5, 5.41) is 27.3. The zero-order valence-electron chi connectivity index (χ0n) is 31.3. The Bertz CT molecular complexity index is 2570. The van der Waals surface area contributed by atoms with Crippen LogP contribution in [-0.4, -0.2) is 60.7 Å². The Hall–Kier alpha value is -5.70. The number of alkyl halides is 4. The van der Waals surface area contributed by atoms with Gasteiger partial charge < -0.3 is 21.1 Å². The maximum Gasteiger partial charge on any atom is 0.297 e. The van der Waals surface area contributed by atoms with Gasteiger partial charge >= 0.3 is 0 Å². The van der Waals surface area contributed by atoms with Crippen LogP contribution in [0.5, 0.6) is 0 Å². The Balaban J connectivity index is 1.38. The van der Waals surface area contributed by atoms with E-state index in [4.69, 9.17) is 16.6 Å². The number of fused-ring (bicyclic) bond motifs is 4. The number of aliphatic hydroxyl groups is 1. The molecule has 3 heterocycles. The molecular weight excluding hydrogens is 790 g/mol. The van der Waals surface area contributed by atoms with Crippen LogP contribution < -0.4 is 16.0 Å². The number of rotatable bonds is 11. The molecule has 7 rings (SSSR count). The van der Waals surface area contributed by atoms with E-state index in [1.807, 2.05) is 0 Å². The number of nitrogens with one attached hydrogen (secondary N) is 3. The van der Waals surface area contributed by atoms with Gasteiger partial charge in [-0.2, -0.15) is 19.0 Å². The fraction of sp³-hybridized carbons (Fsp3) is 0.325. The fourth-order valence-corrected chi connectivity index (χ4v) is 7.76. The van der Waals surface area contributed by atoms with Gasteiger partial charge in [-0.15, -0.1) is 0 Å². The third kappa shape index (κ3) is 7.54. The van der Waals surface area contributed by atoms with Crippen molar-refractivity contribution >= 4 is 40.1 Å². The number of allylic oxidation sites excluding steroid dienone is 1. The lowest BCUT2D eigenvalue weighted by Crippen LogP contribution is -2.35. The summed E-state index contributed by atoms with van der Waals surface area (Å²) >= 11 is 6.67. The fourth-order valence-electron chi connectivity index (χ4n) is 7.52. The molecule has 302 valence electrons. The first-order valence-electron chi connectivity index (χ1n) is 17.9. The second kappa shape index (κ2) is 14.9. The number of likely N-dealkylation sites (N-methyl/N-ethyl adjacent to an activating group) is 1. The summed E-state index contributed by atoms with van der Waals surface area (Å²) in [4.78, 5) is 31.3. The first kappa shape index (κ1) is 40.5. The number of pyridine rings is 1. The Morgan fingerprint density at radius 2 is 1.74 bits per heavy atom. The van der Waals surface area contributed by atoms with Crippen molar-refractivity contribution in [1.29, 1.82) is 0 Å². The normalized spacial score (nSPS) is 17.2. The number of hydrogen-bond acceptors (Lipinski definition) is 7. The minimum absolute atomic E-state index is 0.0302. The maximum atomic E-state index is 15.6. The summed E-state index contributed by atoms with van der Waals surface area (Å²) in [6.45, 7) is 5.54. The van der Waals surface area contributed by atoms with Crippen LogP contribution in [0.4, 0.5) is 32.2 Å². The van der Waals surface area contributed by atoms with E-state index in [2.05, 4.69) is 44.6 Å². The molecule has 1 saturated carbocycles. The number of carbonyl (C=O) groups is 2. The molecule has 2 aliphatic carbocycles. The quantitative estimate of drug-likeness (QED) is 0.0682. The summed E-state index contributed by atoms with van der Waals surface area (Å²) in [5.41, 5.74) is -1.99. The van der Waals surface area contributed by atoms with E-state index in [0.717, 1.165) is 12.1 Å². The van der Waals surface area contributed by atoms with E-state index in [-0.39, 0.29) is 51.9 Å². The van der Waals surface area contributed by atoms with Gasteiger partial charge in [0.15, 0.2) is 5.82 Å². The van der Waals surface area contributed by atoms with Crippen molar-refractivity contribution in [2.45, 2.75) is 56.7 Å². The van der Waals surface area contributed by atoms with Crippen molar-refractivity contribution < 1.29 is 41.0 Å². The molecular formula is C40H35ClF6N8O3. The van der Waals surface area contributed by atoms with Gasteiger partial charge in [0.05, 0.1) is 40.1 Å². The van der Waals surface area contributed by atoms with E-state index in [1.165, 1.54) is 24.6 Å². The molecule has 58 heavy (non-hydrogen) atoms. The summed E-state index contributed by atoms with van der Waals surface area (Å²) < 4.78 is 90.7. The third-order valence-electron chi connectivity index (χ3n) is 9.83. The van der Waals surface area contributed by atoms with E-state index in [9.17, 15) is 32.3 Å². The molecule has 18 heteroatoms. The van der Waals surface area contributed by atoms with Crippen molar-refractivity contribution in [3.63, 3.8) is 0 Å². The highest BCUT2D eigenvalue weighted by atomic mass is 35.5. The van der Waals surface area contributed by atoms with Crippen molar-refractivity contribution in [2.24, 2.45) is 13.0 Å². The number of nitrogens with zero attached hydrogens (tertiary/aromatic N) is 5. The highest BCUT2D eigenvalue weighted by molar-refractivity contribution is 6.37. The van der Waals surface area contributed by atoms with Gasteiger partial charge in [0.25, 0.3) is 12.3 Å². The number of benzene rings is 2. The van der Waals surface area contributed by atoms with Crippen LogP contribution in [0.25, 0.3) is 22.0 Å². The Labute approximate surface area is 332 Å². The second-order valence-electron chi connectivity index (χ2n) is 14.7. The molecule has 5 aromatic rings. The van der Waals surface area contributed by atoms with E-state index in [0.29, 0.717) is 32.8 Å². The second-order valence-corrected chi connectivity index (χ2v) is 15.1. The predicted molar refractivity (Wildman–Crippen MR) is 202 cm³/mol. The molecule has 11 nitrogen and oxygen atoms in total. The molecule has 0 spiro atoms. The Morgan fingerprint density at radius 1 is 1.05 bits per heavy atom. The molecule has 0 unspecified atom stereocenters. The van der Waals surface area contributed by atoms with Crippen molar-refractivity contribution in [3.05, 3.63) is 105 Å². The lowest BCUT2D eigenvalue weighted by molar-refractivity contribution is -0.123. The zero-order valence-corrected chi connectivity index (χ0v) is 32.1. The monoisotopic (exact) mass is 824 g/mol. The highest BCUT2D eigenvalue weighted by Crippen LogP contribution is 2.71. The number of anilines is 1. The number of hydrogen-bond donors (Lipinski definition) is 4. The van der Waals surface area contributed by atoms with Gasteiger partial charge in [0.1, 0.15) is 40.9 Å². The molecule has 4 N–H and O–H groups in total. The third-order valence-corrected chi connectivity index (χ3v) is 10.1. The number of halogens is 7. The Morgan fingerprint density at radius 3 is 2.40 bits per heavy atom. The van der Waals surface area contributed by atoms with Crippen LogP contribution in [0, 0.1) is 29.4 Å². The largest absolute Gasteiger partial charge is 0.378 e. The van der Waals surface area contributed by atoms with Crippen LogP contribution in [0.3, 0.4) is 0 Å². The van der Waals surface area contributed by atoms with Crippen LogP contribution in [0.1, 0.15) is 66.1 Å². The molecule has 2 amide bonds. The first-order valence-corrected chi connectivity index (χ1v) is 18.2. The molecule has 2 aliphatic rings. The lowest BCUT2D eigenvalue weighted by Gasteiger charge is -2.23. The minimum Gasteiger partial charge on any atom is -0.378 e.